The van der Waals surface area contributed by atoms with Crippen LogP contribution in [-0.2, 0) is 6.42 Å². The molecule has 1 aromatic heterocycles. The molecule has 2 heterocycles. The number of amides is 3. The molecule has 2 aromatic rings. The van der Waals surface area contributed by atoms with Crippen molar-refractivity contribution in [1.82, 2.24) is 20.2 Å². The highest BCUT2D eigenvalue weighted by Crippen LogP contribution is 2.21. The average Bonchev–Trinajstić information content (AvgIpc) is 2.86. The highest BCUT2D eigenvalue weighted by atomic mass is 16.2. The molecule has 1 aliphatic rings. The molecule has 7 nitrogen and oxygen atoms in total. The topological polar surface area (TPSA) is 92.3 Å². The van der Waals surface area contributed by atoms with Gasteiger partial charge in [-0.25, -0.2) is 9.97 Å². The summed E-state index contributed by atoms with van der Waals surface area (Å²) < 4.78 is 0. The Balaban J connectivity index is 1.62. The Morgan fingerprint density at radius 1 is 1.17 bits per heavy atom. The average molecular weight is 324 g/mol. The fourth-order valence-electron chi connectivity index (χ4n) is 2.65. The molecule has 3 rings (SSSR count). The van der Waals surface area contributed by atoms with E-state index in [-0.39, 0.29) is 30.8 Å². The zero-order valence-electron chi connectivity index (χ0n) is 13.2. The van der Waals surface area contributed by atoms with Crippen LogP contribution in [-0.4, -0.2) is 45.7 Å². The SMILES string of the molecule is CCc1ncncc1C(=O)NCCN1C(=O)c2ccccc2C1=O. The van der Waals surface area contributed by atoms with Crippen LogP contribution in [0.3, 0.4) is 0 Å². The maximum atomic E-state index is 12.2. The minimum absolute atomic E-state index is 0.118. The van der Waals surface area contributed by atoms with E-state index < -0.39 is 0 Å². The largest absolute Gasteiger partial charge is 0.350 e. The number of fused-ring (bicyclic) bond motifs is 1. The molecule has 7 heteroatoms. The zero-order chi connectivity index (χ0) is 17.1. The molecule has 0 spiro atoms. The molecule has 3 amide bonds. The summed E-state index contributed by atoms with van der Waals surface area (Å²) in [6.07, 6.45) is 3.47. The minimum atomic E-state index is -0.331. The first-order chi connectivity index (χ1) is 11.6. The normalized spacial score (nSPS) is 13.1. The van der Waals surface area contributed by atoms with E-state index in [9.17, 15) is 14.4 Å². The molecule has 0 unspecified atom stereocenters. The number of carbonyl (C=O) groups excluding carboxylic acids is 3. The molecule has 1 aliphatic heterocycles. The van der Waals surface area contributed by atoms with Gasteiger partial charge >= 0.3 is 0 Å². The van der Waals surface area contributed by atoms with Crippen LogP contribution in [0.25, 0.3) is 0 Å². The number of imide groups is 1. The quantitative estimate of drug-likeness (QED) is 0.830. The van der Waals surface area contributed by atoms with Crippen molar-refractivity contribution in [3.63, 3.8) is 0 Å². The highest BCUT2D eigenvalue weighted by Gasteiger charge is 2.34. The van der Waals surface area contributed by atoms with Gasteiger partial charge < -0.3 is 5.32 Å². The van der Waals surface area contributed by atoms with Crippen molar-refractivity contribution in [2.75, 3.05) is 13.1 Å². The first kappa shape index (κ1) is 15.8. The minimum Gasteiger partial charge on any atom is -0.350 e. The van der Waals surface area contributed by atoms with Crippen LogP contribution >= 0.6 is 0 Å². The Labute approximate surface area is 138 Å². The number of nitrogens with zero attached hydrogens (tertiary/aromatic N) is 3. The number of hydrogen-bond acceptors (Lipinski definition) is 5. The van der Waals surface area contributed by atoms with Crippen molar-refractivity contribution in [3.8, 4) is 0 Å². The number of benzene rings is 1. The van der Waals surface area contributed by atoms with E-state index in [0.29, 0.717) is 28.8 Å². The van der Waals surface area contributed by atoms with E-state index in [4.69, 9.17) is 0 Å². The first-order valence-electron chi connectivity index (χ1n) is 7.65. The zero-order valence-corrected chi connectivity index (χ0v) is 13.2. The summed E-state index contributed by atoms with van der Waals surface area (Å²) in [5, 5.41) is 2.70. The van der Waals surface area contributed by atoms with Gasteiger partial charge in [-0.2, -0.15) is 0 Å². The van der Waals surface area contributed by atoms with Crippen molar-refractivity contribution in [2.45, 2.75) is 13.3 Å². The number of aromatic nitrogens is 2. The lowest BCUT2D eigenvalue weighted by Crippen LogP contribution is -2.38. The lowest BCUT2D eigenvalue weighted by molar-refractivity contribution is 0.0650. The smallest absolute Gasteiger partial charge is 0.261 e. The number of rotatable bonds is 5. The fraction of sp³-hybridized carbons (Fsp3) is 0.235. The summed E-state index contributed by atoms with van der Waals surface area (Å²) in [7, 11) is 0. The highest BCUT2D eigenvalue weighted by molar-refractivity contribution is 6.21. The third-order valence-electron chi connectivity index (χ3n) is 3.87. The van der Waals surface area contributed by atoms with Crippen molar-refractivity contribution >= 4 is 17.7 Å². The molecule has 24 heavy (non-hydrogen) atoms. The third kappa shape index (κ3) is 2.76. The Kier molecular flexibility index (Phi) is 4.33. The molecule has 0 atom stereocenters. The van der Waals surface area contributed by atoms with Crippen LogP contribution in [0, 0.1) is 0 Å². The van der Waals surface area contributed by atoms with E-state index in [0.717, 1.165) is 4.90 Å². The first-order valence-corrected chi connectivity index (χ1v) is 7.65. The molecule has 0 fully saturated rings. The van der Waals surface area contributed by atoms with Gasteiger partial charge in [-0.1, -0.05) is 19.1 Å². The molecule has 1 aromatic carbocycles. The fourth-order valence-corrected chi connectivity index (χ4v) is 2.65. The van der Waals surface area contributed by atoms with Gasteiger partial charge in [0.15, 0.2) is 0 Å². The Hall–Kier alpha value is -3.09. The van der Waals surface area contributed by atoms with E-state index in [1.54, 1.807) is 24.3 Å². The number of aryl methyl sites for hydroxylation is 1. The maximum absolute atomic E-state index is 12.2. The summed E-state index contributed by atoms with van der Waals surface area (Å²) in [5.74, 6) is -0.978. The van der Waals surface area contributed by atoms with Crippen LogP contribution in [0.5, 0.6) is 0 Å². The van der Waals surface area contributed by atoms with Crippen molar-refractivity contribution in [1.29, 1.82) is 0 Å². The van der Waals surface area contributed by atoms with E-state index in [1.165, 1.54) is 12.5 Å². The number of nitrogens with one attached hydrogen (secondary N) is 1. The molecular formula is C17H16N4O3. The van der Waals surface area contributed by atoms with Gasteiger partial charge in [0.1, 0.15) is 6.33 Å². The molecule has 122 valence electrons. The predicted octanol–water partition coefficient (Wildman–Crippen LogP) is 1.06. The van der Waals surface area contributed by atoms with E-state index in [2.05, 4.69) is 15.3 Å². The van der Waals surface area contributed by atoms with Gasteiger partial charge in [-0.15, -0.1) is 0 Å². The summed E-state index contributed by atoms with van der Waals surface area (Å²) in [5.41, 5.74) is 1.86. The second-order valence-electron chi connectivity index (χ2n) is 5.30. The van der Waals surface area contributed by atoms with Crippen LogP contribution in [0.1, 0.15) is 43.7 Å². The Bertz CT molecular complexity index is 784. The maximum Gasteiger partial charge on any atom is 0.261 e. The van der Waals surface area contributed by atoms with Gasteiger partial charge in [0.25, 0.3) is 17.7 Å². The lowest BCUT2D eigenvalue weighted by atomic mass is 10.1. The monoisotopic (exact) mass is 324 g/mol. The van der Waals surface area contributed by atoms with Gasteiger partial charge in [0.2, 0.25) is 0 Å². The second kappa shape index (κ2) is 6.57. The van der Waals surface area contributed by atoms with Crippen molar-refractivity contribution in [2.24, 2.45) is 0 Å². The third-order valence-corrected chi connectivity index (χ3v) is 3.87. The van der Waals surface area contributed by atoms with Crippen molar-refractivity contribution in [3.05, 3.63) is 59.2 Å². The molecule has 0 saturated carbocycles. The molecule has 1 N–H and O–H groups in total. The van der Waals surface area contributed by atoms with Crippen LogP contribution in [0.2, 0.25) is 0 Å². The summed E-state index contributed by atoms with van der Waals surface area (Å²) >= 11 is 0. The molecule has 0 aliphatic carbocycles. The Morgan fingerprint density at radius 2 is 1.83 bits per heavy atom. The second-order valence-corrected chi connectivity index (χ2v) is 5.30. The molecule has 0 radical (unpaired) electrons. The molecule has 0 bridgehead atoms. The van der Waals surface area contributed by atoms with Gasteiger partial charge in [-0.05, 0) is 18.6 Å². The Morgan fingerprint density at radius 3 is 2.46 bits per heavy atom. The van der Waals surface area contributed by atoms with E-state index >= 15 is 0 Å². The van der Waals surface area contributed by atoms with Gasteiger partial charge in [-0.3, -0.25) is 19.3 Å². The van der Waals surface area contributed by atoms with Gasteiger partial charge in [0.05, 0.1) is 22.4 Å². The van der Waals surface area contributed by atoms with Crippen LogP contribution in [0.4, 0.5) is 0 Å². The summed E-state index contributed by atoms with van der Waals surface area (Å²) in [4.78, 5) is 45.7. The lowest BCUT2D eigenvalue weighted by Gasteiger charge is -2.14. The summed E-state index contributed by atoms with van der Waals surface area (Å²) in [6, 6.07) is 6.69. The standard InChI is InChI=1S/C17H16N4O3/c1-2-14-13(9-18-10-20-14)15(22)19-7-8-21-16(23)11-5-3-4-6-12(11)17(21)24/h3-6,9-10H,2,7-8H2,1H3,(H,19,22). The predicted molar refractivity (Wildman–Crippen MR) is 85.6 cm³/mol. The van der Waals surface area contributed by atoms with Crippen LogP contribution < -0.4 is 5.32 Å². The summed E-state index contributed by atoms with van der Waals surface area (Å²) in [6.45, 7) is 2.19. The van der Waals surface area contributed by atoms with Crippen molar-refractivity contribution < 1.29 is 14.4 Å². The molecular weight excluding hydrogens is 308 g/mol. The molecule has 0 saturated heterocycles. The van der Waals surface area contributed by atoms with Crippen LogP contribution in [0.15, 0.2) is 36.8 Å². The number of carbonyl (C=O) groups is 3. The number of hydrogen-bond donors (Lipinski definition) is 1. The van der Waals surface area contributed by atoms with E-state index in [1.807, 2.05) is 6.92 Å². The van der Waals surface area contributed by atoms with Gasteiger partial charge in [0, 0.05) is 19.3 Å².